The molecule has 0 amide bonds. The van der Waals surface area contributed by atoms with Crippen LogP contribution < -0.4 is 5.32 Å². The monoisotopic (exact) mass is 256 g/mol. The molecule has 2 heterocycles. The molecule has 0 bridgehead atoms. The summed E-state index contributed by atoms with van der Waals surface area (Å²) in [6, 6.07) is 2.86. The molecule has 1 aromatic heterocycles. The molecule has 2 unspecified atom stereocenters. The fourth-order valence-corrected chi connectivity index (χ4v) is 1.96. The van der Waals surface area contributed by atoms with E-state index in [1.807, 2.05) is 6.92 Å². The molecule has 7 heteroatoms. The maximum absolute atomic E-state index is 10.4. The first kappa shape index (κ1) is 13.0. The van der Waals surface area contributed by atoms with Gasteiger partial charge in [0.1, 0.15) is 16.3 Å². The smallest absolute Gasteiger partial charge is 0.404 e. The predicted octanol–water partition coefficient (Wildman–Crippen LogP) is 0.817. The van der Waals surface area contributed by atoms with Crippen LogP contribution in [-0.4, -0.2) is 34.9 Å². The molecule has 1 saturated heterocycles. The van der Waals surface area contributed by atoms with E-state index in [1.54, 1.807) is 6.07 Å². The van der Waals surface area contributed by atoms with Crippen LogP contribution in [0.25, 0.3) is 0 Å². The highest BCUT2D eigenvalue weighted by atomic mass is 16.6. The molecule has 0 spiro atoms. The highest BCUT2D eigenvalue weighted by Crippen LogP contribution is 2.25. The first-order valence-electron chi connectivity index (χ1n) is 5.79. The molecule has 2 N–H and O–H groups in total. The molecular formula is C11H16N2O5. The molecule has 2 rings (SSSR count). The van der Waals surface area contributed by atoms with Crippen LogP contribution in [-0.2, 0) is 11.3 Å². The van der Waals surface area contributed by atoms with Crippen LogP contribution in [0.3, 0.4) is 0 Å². The Kier molecular flexibility index (Phi) is 3.65. The van der Waals surface area contributed by atoms with Gasteiger partial charge in [0.2, 0.25) is 0 Å². The first-order chi connectivity index (χ1) is 8.51. The lowest BCUT2D eigenvalue weighted by molar-refractivity contribution is -0.402. The Hall–Kier alpha value is -1.44. The third kappa shape index (κ3) is 2.69. The Morgan fingerprint density at radius 3 is 3.00 bits per heavy atom. The van der Waals surface area contributed by atoms with Crippen molar-refractivity contribution >= 4 is 5.88 Å². The SMILES string of the molecule is CC1OCCC1(O)CNCc1ccc([N+](=O)[O-])o1. The molecule has 18 heavy (non-hydrogen) atoms. The minimum absolute atomic E-state index is 0.212. The predicted molar refractivity (Wildman–Crippen MR) is 62.0 cm³/mol. The third-order valence-corrected chi connectivity index (χ3v) is 3.22. The standard InChI is InChI=1S/C11H16N2O5/c1-8-11(14,4-5-17-8)7-12-6-9-2-3-10(18-9)13(15)16/h2-3,8,12,14H,4-7H2,1H3. The Bertz CT molecular complexity index is 433. The minimum atomic E-state index is -0.876. The summed E-state index contributed by atoms with van der Waals surface area (Å²) in [4.78, 5) is 9.85. The van der Waals surface area contributed by atoms with Gasteiger partial charge in [0.05, 0.1) is 18.7 Å². The van der Waals surface area contributed by atoms with Gasteiger partial charge in [-0.25, -0.2) is 0 Å². The number of ether oxygens (including phenoxy) is 1. The van der Waals surface area contributed by atoms with Gasteiger partial charge >= 0.3 is 5.88 Å². The van der Waals surface area contributed by atoms with E-state index in [1.165, 1.54) is 6.07 Å². The van der Waals surface area contributed by atoms with Gasteiger partial charge in [0.25, 0.3) is 0 Å². The topological polar surface area (TPSA) is 97.8 Å². The van der Waals surface area contributed by atoms with Gasteiger partial charge in [-0.1, -0.05) is 0 Å². The second kappa shape index (κ2) is 5.05. The summed E-state index contributed by atoms with van der Waals surface area (Å²) in [5, 5.41) is 23.7. The summed E-state index contributed by atoms with van der Waals surface area (Å²) >= 11 is 0. The van der Waals surface area contributed by atoms with Crippen LogP contribution in [0.15, 0.2) is 16.5 Å². The highest BCUT2D eigenvalue weighted by molar-refractivity contribution is 5.17. The summed E-state index contributed by atoms with van der Waals surface area (Å²) in [5.74, 6) is 0.194. The minimum Gasteiger partial charge on any atom is -0.404 e. The average Bonchev–Trinajstić information content (AvgIpc) is 2.88. The van der Waals surface area contributed by atoms with E-state index in [0.29, 0.717) is 31.9 Å². The van der Waals surface area contributed by atoms with Crippen molar-refractivity contribution in [2.75, 3.05) is 13.2 Å². The number of hydrogen-bond donors (Lipinski definition) is 2. The lowest BCUT2D eigenvalue weighted by Gasteiger charge is -2.25. The molecule has 1 aromatic rings. The molecule has 7 nitrogen and oxygen atoms in total. The molecular weight excluding hydrogens is 240 g/mol. The van der Waals surface area contributed by atoms with E-state index in [2.05, 4.69) is 5.32 Å². The van der Waals surface area contributed by atoms with Crippen molar-refractivity contribution < 1.29 is 19.2 Å². The second-order valence-electron chi connectivity index (χ2n) is 4.47. The number of furan rings is 1. The van der Waals surface area contributed by atoms with Crippen LogP contribution in [0.5, 0.6) is 0 Å². The van der Waals surface area contributed by atoms with Gasteiger partial charge in [-0.2, -0.15) is 0 Å². The Morgan fingerprint density at radius 1 is 1.67 bits per heavy atom. The van der Waals surface area contributed by atoms with Crippen molar-refractivity contribution in [3.63, 3.8) is 0 Å². The lowest BCUT2D eigenvalue weighted by Crippen LogP contribution is -2.45. The largest absolute Gasteiger partial charge is 0.433 e. The maximum Gasteiger partial charge on any atom is 0.433 e. The van der Waals surface area contributed by atoms with Gasteiger partial charge in [-0.3, -0.25) is 10.1 Å². The average molecular weight is 256 g/mol. The molecule has 0 saturated carbocycles. The first-order valence-corrected chi connectivity index (χ1v) is 5.79. The number of nitrogens with zero attached hydrogens (tertiary/aromatic N) is 1. The van der Waals surface area contributed by atoms with E-state index < -0.39 is 10.5 Å². The number of aliphatic hydroxyl groups is 1. The molecule has 1 aliphatic rings. The number of nitrogens with one attached hydrogen (secondary N) is 1. The van der Waals surface area contributed by atoms with E-state index in [-0.39, 0.29) is 12.0 Å². The van der Waals surface area contributed by atoms with Crippen molar-refractivity contribution in [2.24, 2.45) is 0 Å². The van der Waals surface area contributed by atoms with Gasteiger partial charge in [-0.15, -0.1) is 0 Å². The van der Waals surface area contributed by atoms with Crippen molar-refractivity contribution in [1.82, 2.24) is 5.32 Å². The zero-order valence-corrected chi connectivity index (χ0v) is 10.1. The molecule has 2 atom stereocenters. The Morgan fingerprint density at radius 2 is 2.44 bits per heavy atom. The maximum atomic E-state index is 10.4. The highest BCUT2D eigenvalue weighted by Gasteiger charge is 2.39. The van der Waals surface area contributed by atoms with Crippen LogP contribution in [0.2, 0.25) is 0 Å². The van der Waals surface area contributed by atoms with Crippen molar-refractivity contribution in [2.45, 2.75) is 31.6 Å². The van der Waals surface area contributed by atoms with E-state index in [9.17, 15) is 15.2 Å². The van der Waals surface area contributed by atoms with Crippen LogP contribution >= 0.6 is 0 Å². The van der Waals surface area contributed by atoms with Gasteiger partial charge in [-0.05, 0) is 13.0 Å². The fourth-order valence-electron chi connectivity index (χ4n) is 1.96. The second-order valence-corrected chi connectivity index (χ2v) is 4.47. The van der Waals surface area contributed by atoms with Crippen LogP contribution in [0, 0.1) is 10.1 Å². The van der Waals surface area contributed by atoms with E-state index >= 15 is 0 Å². The third-order valence-electron chi connectivity index (χ3n) is 3.22. The molecule has 1 aliphatic heterocycles. The summed E-state index contributed by atoms with van der Waals surface area (Å²) in [6.07, 6.45) is 0.371. The Labute approximate surface area is 104 Å². The Balaban J connectivity index is 1.83. The molecule has 1 fully saturated rings. The van der Waals surface area contributed by atoms with Gasteiger partial charge in [0.15, 0.2) is 0 Å². The van der Waals surface area contributed by atoms with Gasteiger partial charge in [0, 0.05) is 19.6 Å². The zero-order valence-electron chi connectivity index (χ0n) is 10.1. The number of nitro groups is 1. The summed E-state index contributed by atoms with van der Waals surface area (Å²) < 4.78 is 10.3. The molecule has 0 radical (unpaired) electrons. The summed E-state index contributed by atoms with van der Waals surface area (Å²) in [5.41, 5.74) is -0.876. The lowest BCUT2D eigenvalue weighted by atomic mass is 9.97. The summed E-state index contributed by atoms with van der Waals surface area (Å²) in [6.45, 7) is 3.07. The fraction of sp³-hybridized carbons (Fsp3) is 0.636. The molecule has 100 valence electrons. The van der Waals surface area contributed by atoms with Crippen molar-refractivity contribution in [1.29, 1.82) is 0 Å². The molecule has 0 aliphatic carbocycles. The van der Waals surface area contributed by atoms with Crippen molar-refractivity contribution in [3.8, 4) is 0 Å². The number of hydrogen-bond acceptors (Lipinski definition) is 6. The van der Waals surface area contributed by atoms with E-state index in [4.69, 9.17) is 9.15 Å². The normalized spacial score (nSPS) is 27.6. The zero-order chi connectivity index (χ0) is 13.2. The quantitative estimate of drug-likeness (QED) is 0.597. The molecule has 0 aromatic carbocycles. The van der Waals surface area contributed by atoms with Crippen LogP contribution in [0.4, 0.5) is 5.88 Å². The van der Waals surface area contributed by atoms with E-state index in [0.717, 1.165) is 0 Å². The van der Waals surface area contributed by atoms with Gasteiger partial charge < -0.3 is 19.6 Å². The van der Waals surface area contributed by atoms with Crippen LogP contribution in [0.1, 0.15) is 19.1 Å². The summed E-state index contributed by atoms with van der Waals surface area (Å²) in [7, 11) is 0. The van der Waals surface area contributed by atoms with Crippen molar-refractivity contribution in [3.05, 3.63) is 28.0 Å². The number of rotatable bonds is 5.